The van der Waals surface area contributed by atoms with Gasteiger partial charge in [0.1, 0.15) is 12.9 Å². The second-order valence-corrected chi connectivity index (χ2v) is 5.28. The van der Waals surface area contributed by atoms with E-state index in [0.29, 0.717) is 6.42 Å². The highest BCUT2D eigenvalue weighted by Crippen LogP contribution is 2.25. The van der Waals surface area contributed by atoms with E-state index < -0.39 is 0 Å². The van der Waals surface area contributed by atoms with Crippen LogP contribution in [-0.4, -0.2) is 29.4 Å². The van der Waals surface area contributed by atoms with Gasteiger partial charge in [-0.2, -0.15) is 0 Å². The highest BCUT2D eigenvalue weighted by Gasteiger charge is 2.32. The molecular weight excluding hydrogens is 254 g/mol. The van der Waals surface area contributed by atoms with Crippen molar-refractivity contribution in [2.24, 2.45) is 0 Å². The van der Waals surface area contributed by atoms with E-state index in [9.17, 15) is 9.59 Å². The number of hydrogen-bond donors (Lipinski definition) is 0. The van der Waals surface area contributed by atoms with Gasteiger partial charge in [0.25, 0.3) is 0 Å². The molecule has 1 aromatic carbocycles. The van der Waals surface area contributed by atoms with Gasteiger partial charge in [-0.25, -0.2) is 4.79 Å². The summed E-state index contributed by atoms with van der Waals surface area (Å²) in [6.07, 6.45) is 3.87. The van der Waals surface area contributed by atoms with E-state index in [1.54, 1.807) is 4.90 Å². The quantitative estimate of drug-likeness (QED) is 0.793. The highest BCUT2D eigenvalue weighted by molar-refractivity contribution is 5.69. The lowest BCUT2D eigenvalue weighted by Gasteiger charge is -2.39. The monoisotopic (exact) mass is 275 g/mol. The largest absolute Gasteiger partial charge is 0.445 e. The van der Waals surface area contributed by atoms with Gasteiger partial charge >= 0.3 is 6.09 Å². The second-order valence-electron chi connectivity index (χ2n) is 5.28. The van der Waals surface area contributed by atoms with E-state index in [4.69, 9.17) is 4.74 Å². The molecule has 2 rings (SSSR count). The number of aldehydes is 1. The highest BCUT2D eigenvalue weighted by atomic mass is 16.6. The first kappa shape index (κ1) is 14.6. The maximum Gasteiger partial charge on any atom is 0.410 e. The van der Waals surface area contributed by atoms with Crippen molar-refractivity contribution in [3.8, 4) is 0 Å². The van der Waals surface area contributed by atoms with Crippen LogP contribution in [0.4, 0.5) is 4.79 Å². The normalized spacial score (nSPS) is 22.4. The summed E-state index contributed by atoms with van der Waals surface area (Å²) in [7, 11) is 0. The number of hydrogen-bond acceptors (Lipinski definition) is 3. The fourth-order valence-corrected chi connectivity index (χ4v) is 2.75. The lowest BCUT2D eigenvalue weighted by atomic mass is 9.95. The summed E-state index contributed by atoms with van der Waals surface area (Å²) in [4.78, 5) is 24.7. The van der Waals surface area contributed by atoms with Crippen LogP contribution in [0, 0.1) is 0 Å². The summed E-state index contributed by atoms with van der Waals surface area (Å²) in [5.41, 5.74) is 0.970. The number of benzene rings is 1. The van der Waals surface area contributed by atoms with Crippen molar-refractivity contribution >= 4 is 12.4 Å². The van der Waals surface area contributed by atoms with Crippen molar-refractivity contribution in [3.05, 3.63) is 35.9 Å². The number of nitrogens with zero attached hydrogens (tertiary/aromatic N) is 1. The summed E-state index contributed by atoms with van der Waals surface area (Å²) in [6.45, 7) is 2.29. The van der Waals surface area contributed by atoms with E-state index in [1.807, 2.05) is 37.3 Å². The number of likely N-dealkylation sites (tertiary alicyclic amines) is 1. The van der Waals surface area contributed by atoms with Gasteiger partial charge in [-0.3, -0.25) is 0 Å². The predicted molar refractivity (Wildman–Crippen MR) is 76.2 cm³/mol. The Balaban J connectivity index is 1.96. The van der Waals surface area contributed by atoms with E-state index in [2.05, 4.69) is 0 Å². The average Bonchev–Trinajstić information content (AvgIpc) is 2.46. The van der Waals surface area contributed by atoms with E-state index in [0.717, 1.165) is 31.1 Å². The van der Waals surface area contributed by atoms with Crippen LogP contribution in [0.5, 0.6) is 0 Å². The van der Waals surface area contributed by atoms with Crippen LogP contribution >= 0.6 is 0 Å². The predicted octanol–water partition coefficient (Wildman–Crippen LogP) is 3.16. The molecule has 20 heavy (non-hydrogen) atoms. The SMILES string of the molecule is CC1CCCC(CC=O)N1C(=O)OCc1ccccc1. The van der Waals surface area contributed by atoms with E-state index >= 15 is 0 Å². The molecule has 4 heteroatoms. The summed E-state index contributed by atoms with van der Waals surface area (Å²) in [5, 5.41) is 0. The molecule has 1 aliphatic rings. The fraction of sp³-hybridized carbons (Fsp3) is 0.500. The van der Waals surface area contributed by atoms with Gasteiger partial charge in [-0.1, -0.05) is 30.3 Å². The molecule has 0 bridgehead atoms. The number of ether oxygens (including phenoxy) is 1. The Kier molecular flexibility index (Phi) is 5.16. The number of amides is 1. The Morgan fingerprint density at radius 1 is 1.35 bits per heavy atom. The Morgan fingerprint density at radius 3 is 2.80 bits per heavy atom. The lowest BCUT2D eigenvalue weighted by molar-refractivity contribution is -0.109. The van der Waals surface area contributed by atoms with Crippen molar-refractivity contribution in [2.45, 2.75) is 51.3 Å². The van der Waals surface area contributed by atoms with Crippen molar-refractivity contribution in [3.63, 3.8) is 0 Å². The molecule has 0 N–H and O–H groups in total. The summed E-state index contributed by atoms with van der Waals surface area (Å²) in [6, 6.07) is 9.74. The van der Waals surface area contributed by atoms with Crippen molar-refractivity contribution in [1.29, 1.82) is 0 Å². The van der Waals surface area contributed by atoms with Gasteiger partial charge in [0, 0.05) is 18.5 Å². The molecule has 2 atom stereocenters. The Hall–Kier alpha value is -1.84. The van der Waals surface area contributed by atoms with Gasteiger partial charge in [0.2, 0.25) is 0 Å². The molecule has 0 spiro atoms. The smallest absolute Gasteiger partial charge is 0.410 e. The first-order valence-electron chi connectivity index (χ1n) is 7.15. The van der Waals surface area contributed by atoms with E-state index in [1.165, 1.54) is 0 Å². The zero-order valence-electron chi connectivity index (χ0n) is 11.8. The molecular formula is C16H21NO3. The molecule has 1 aliphatic heterocycles. The second kappa shape index (κ2) is 7.08. The molecule has 0 aromatic heterocycles. The van der Waals surface area contributed by atoms with Crippen molar-refractivity contribution in [1.82, 2.24) is 4.90 Å². The van der Waals surface area contributed by atoms with Gasteiger partial charge in [-0.15, -0.1) is 0 Å². The van der Waals surface area contributed by atoms with Crippen LogP contribution in [0.25, 0.3) is 0 Å². The minimum atomic E-state index is -0.312. The molecule has 4 nitrogen and oxygen atoms in total. The number of rotatable bonds is 4. The van der Waals surface area contributed by atoms with Crippen LogP contribution in [0.1, 0.15) is 38.2 Å². The maximum atomic E-state index is 12.3. The summed E-state index contributed by atoms with van der Waals surface area (Å²) in [5.74, 6) is 0. The fourth-order valence-electron chi connectivity index (χ4n) is 2.75. The molecule has 1 amide bonds. The molecule has 0 saturated carbocycles. The van der Waals surface area contributed by atoms with Gasteiger partial charge in [0.05, 0.1) is 0 Å². The standard InChI is InChI=1S/C16H21NO3/c1-13-6-5-9-15(10-11-18)17(13)16(19)20-12-14-7-3-2-4-8-14/h2-4,7-8,11,13,15H,5-6,9-10,12H2,1H3. The summed E-state index contributed by atoms with van der Waals surface area (Å²) < 4.78 is 5.39. The van der Waals surface area contributed by atoms with Crippen LogP contribution < -0.4 is 0 Å². The number of carbonyl (C=O) groups is 2. The van der Waals surface area contributed by atoms with E-state index in [-0.39, 0.29) is 24.8 Å². The Morgan fingerprint density at radius 2 is 2.10 bits per heavy atom. The Labute approximate surface area is 119 Å². The molecule has 0 aliphatic carbocycles. The zero-order valence-corrected chi connectivity index (χ0v) is 11.8. The Bertz CT molecular complexity index is 446. The average molecular weight is 275 g/mol. The third-order valence-corrected chi connectivity index (χ3v) is 3.81. The van der Waals surface area contributed by atoms with Crippen molar-refractivity contribution in [2.75, 3.05) is 0 Å². The third kappa shape index (κ3) is 3.59. The maximum absolute atomic E-state index is 12.3. The molecule has 1 saturated heterocycles. The molecule has 2 unspecified atom stereocenters. The minimum Gasteiger partial charge on any atom is -0.445 e. The van der Waals surface area contributed by atoms with Crippen LogP contribution in [0.2, 0.25) is 0 Å². The lowest BCUT2D eigenvalue weighted by Crippen LogP contribution is -2.49. The van der Waals surface area contributed by atoms with Crippen LogP contribution in [0.15, 0.2) is 30.3 Å². The van der Waals surface area contributed by atoms with Gasteiger partial charge in [-0.05, 0) is 31.7 Å². The van der Waals surface area contributed by atoms with Crippen LogP contribution in [-0.2, 0) is 16.1 Å². The minimum absolute atomic E-state index is 0.0143. The molecule has 1 heterocycles. The topological polar surface area (TPSA) is 46.6 Å². The van der Waals surface area contributed by atoms with Crippen LogP contribution in [0.3, 0.4) is 0 Å². The first-order valence-corrected chi connectivity index (χ1v) is 7.15. The van der Waals surface area contributed by atoms with Crippen molar-refractivity contribution < 1.29 is 14.3 Å². The molecule has 1 aromatic rings. The molecule has 0 radical (unpaired) electrons. The third-order valence-electron chi connectivity index (χ3n) is 3.81. The van der Waals surface area contributed by atoms with Gasteiger partial charge < -0.3 is 14.4 Å². The van der Waals surface area contributed by atoms with Gasteiger partial charge in [0.15, 0.2) is 0 Å². The molecule has 1 fully saturated rings. The zero-order chi connectivity index (χ0) is 14.4. The number of piperidine rings is 1. The first-order chi connectivity index (χ1) is 9.72. The summed E-state index contributed by atoms with van der Waals surface area (Å²) >= 11 is 0. The molecule has 108 valence electrons. The number of carbonyl (C=O) groups excluding carboxylic acids is 2.